The van der Waals surface area contributed by atoms with Crippen molar-refractivity contribution in [3.63, 3.8) is 0 Å². The first-order valence-corrected chi connectivity index (χ1v) is 2.75. The molecule has 4 nitrogen and oxygen atoms in total. The van der Waals surface area contributed by atoms with Gasteiger partial charge in [0, 0.05) is 6.07 Å². The Labute approximate surface area is 57.8 Å². The van der Waals surface area contributed by atoms with Gasteiger partial charge in [0.1, 0.15) is 5.76 Å². The molecule has 0 amide bonds. The van der Waals surface area contributed by atoms with Crippen LogP contribution in [0.25, 0.3) is 0 Å². The molecule has 0 aromatic carbocycles. The molecule has 0 radical (unpaired) electrons. The smallest absolute Gasteiger partial charge is 0.360 e. The summed E-state index contributed by atoms with van der Waals surface area (Å²) in [6, 6.07) is 1.52. The van der Waals surface area contributed by atoms with Gasteiger partial charge < -0.3 is 9.26 Å². The van der Waals surface area contributed by atoms with Crippen LogP contribution in [0.3, 0.4) is 0 Å². The second-order valence-electron chi connectivity index (χ2n) is 1.81. The fraction of sp³-hybridized carbons (Fsp3) is 0.333. The molecule has 0 atom stereocenters. The largest absolute Gasteiger partial charge is 0.464 e. The fourth-order valence-corrected chi connectivity index (χ4v) is 0.567. The van der Waals surface area contributed by atoms with Gasteiger partial charge in [-0.05, 0) is 6.92 Å². The van der Waals surface area contributed by atoms with Gasteiger partial charge >= 0.3 is 5.97 Å². The SMILES string of the molecule is COC(=O)c1cc(C)on1. The van der Waals surface area contributed by atoms with Crippen molar-refractivity contribution >= 4 is 5.97 Å². The summed E-state index contributed by atoms with van der Waals surface area (Å²) >= 11 is 0. The number of aryl methyl sites for hydroxylation is 1. The molecule has 1 aromatic rings. The molecule has 4 heteroatoms. The molecule has 0 bridgehead atoms. The summed E-state index contributed by atoms with van der Waals surface area (Å²) in [6.07, 6.45) is 0. The van der Waals surface area contributed by atoms with Gasteiger partial charge in [-0.2, -0.15) is 0 Å². The number of ether oxygens (including phenoxy) is 1. The molecular formula is C6H7NO3. The minimum absolute atomic E-state index is 0.208. The van der Waals surface area contributed by atoms with E-state index in [-0.39, 0.29) is 5.69 Å². The van der Waals surface area contributed by atoms with Gasteiger partial charge in [-0.25, -0.2) is 4.79 Å². The summed E-state index contributed by atoms with van der Waals surface area (Å²) in [6.45, 7) is 1.71. The van der Waals surface area contributed by atoms with E-state index in [9.17, 15) is 4.79 Å². The maximum Gasteiger partial charge on any atom is 0.360 e. The quantitative estimate of drug-likeness (QED) is 0.542. The van der Waals surface area contributed by atoms with Gasteiger partial charge in [-0.1, -0.05) is 5.16 Å². The number of aromatic nitrogens is 1. The molecule has 0 saturated heterocycles. The molecule has 0 aliphatic heterocycles. The molecule has 0 aliphatic rings. The molecule has 0 unspecified atom stereocenters. The predicted molar refractivity (Wildman–Crippen MR) is 32.6 cm³/mol. The summed E-state index contributed by atoms with van der Waals surface area (Å²) in [5.41, 5.74) is 0.208. The first-order valence-electron chi connectivity index (χ1n) is 2.75. The first kappa shape index (κ1) is 6.80. The summed E-state index contributed by atoms with van der Waals surface area (Å²) in [4.78, 5) is 10.7. The molecule has 0 aliphatic carbocycles. The van der Waals surface area contributed by atoms with Crippen LogP contribution in [-0.4, -0.2) is 18.2 Å². The second kappa shape index (κ2) is 2.51. The predicted octanol–water partition coefficient (Wildman–Crippen LogP) is 0.770. The van der Waals surface area contributed by atoms with Crippen molar-refractivity contribution < 1.29 is 14.1 Å². The third-order valence-electron chi connectivity index (χ3n) is 1.02. The number of nitrogens with zero attached hydrogens (tertiary/aromatic N) is 1. The Balaban J connectivity index is 2.85. The summed E-state index contributed by atoms with van der Waals surface area (Å²) in [7, 11) is 1.30. The maximum absolute atomic E-state index is 10.7. The van der Waals surface area contributed by atoms with Crippen molar-refractivity contribution in [2.24, 2.45) is 0 Å². The summed E-state index contributed by atoms with van der Waals surface area (Å²) < 4.78 is 9.02. The summed E-state index contributed by atoms with van der Waals surface area (Å²) in [5.74, 6) is 0.122. The molecule has 1 heterocycles. The lowest BCUT2D eigenvalue weighted by molar-refractivity contribution is 0.0589. The van der Waals surface area contributed by atoms with E-state index in [0.717, 1.165) is 0 Å². The molecule has 0 spiro atoms. The van der Waals surface area contributed by atoms with E-state index in [1.807, 2.05) is 0 Å². The first-order chi connectivity index (χ1) is 4.74. The highest BCUT2D eigenvalue weighted by atomic mass is 16.5. The van der Waals surface area contributed by atoms with Gasteiger partial charge in [-0.3, -0.25) is 0 Å². The number of carbonyl (C=O) groups excluding carboxylic acids is 1. The highest BCUT2D eigenvalue weighted by Gasteiger charge is 2.09. The molecule has 1 rings (SSSR count). The summed E-state index contributed by atoms with van der Waals surface area (Å²) in [5, 5.41) is 3.44. The van der Waals surface area contributed by atoms with E-state index in [0.29, 0.717) is 5.76 Å². The Morgan fingerprint density at radius 2 is 2.50 bits per heavy atom. The van der Waals surface area contributed by atoms with Crippen molar-refractivity contribution in [1.29, 1.82) is 0 Å². The van der Waals surface area contributed by atoms with E-state index in [2.05, 4.69) is 14.4 Å². The van der Waals surface area contributed by atoms with Crippen LogP contribution >= 0.6 is 0 Å². The zero-order valence-corrected chi connectivity index (χ0v) is 5.75. The van der Waals surface area contributed by atoms with Crippen molar-refractivity contribution in [3.05, 3.63) is 17.5 Å². The van der Waals surface area contributed by atoms with Crippen LogP contribution in [0, 0.1) is 6.92 Å². The third kappa shape index (κ3) is 1.15. The molecule has 54 valence electrons. The monoisotopic (exact) mass is 141 g/mol. The van der Waals surface area contributed by atoms with Gasteiger partial charge in [-0.15, -0.1) is 0 Å². The molecule has 10 heavy (non-hydrogen) atoms. The minimum atomic E-state index is -0.475. The van der Waals surface area contributed by atoms with Gasteiger partial charge in [0.05, 0.1) is 7.11 Å². The Kier molecular flexibility index (Phi) is 1.71. The zero-order valence-electron chi connectivity index (χ0n) is 5.75. The lowest BCUT2D eigenvalue weighted by Crippen LogP contribution is -2.00. The van der Waals surface area contributed by atoms with Crippen LogP contribution in [0.15, 0.2) is 10.6 Å². The molecule has 1 aromatic heterocycles. The highest BCUT2D eigenvalue weighted by Crippen LogP contribution is 2.01. The van der Waals surface area contributed by atoms with E-state index >= 15 is 0 Å². The Bertz CT molecular complexity index is 241. The number of rotatable bonds is 1. The third-order valence-corrected chi connectivity index (χ3v) is 1.02. The van der Waals surface area contributed by atoms with Crippen molar-refractivity contribution in [3.8, 4) is 0 Å². The lowest BCUT2D eigenvalue weighted by Gasteiger charge is -1.88. The van der Waals surface area contributed by atoms with E-state index < -0.39 is 5.97 Å². The minimum Gasteiger partial charge on any atom is -0.464 e. The Hall–Kier alpha value is -1.32. The molecular weight excluding hydrogens is 134 g/mol. The van der Waals surface area contributed by atoms with Gasteiger partial charge in [0.15, 0.2) is 5.69 Å². The van der Waals surface area contributed by atoms with Crippen LogP contribution in [0.1, 0.15) is 16.2 Å². The van der Waals surface area contributed by atoms with Crippen molar-refractivity contribution in [2.45, 2.75) is 6.92 Å². The molecule has 0 saturated carbocycles. The fourth-order valence-electron chi connectivity index (χ4n) is 0.567. The number of hydrogen-bond acceptors (Lipinski definition) is 4. The highest BCUT2D eigenvalue weighted by molar-refractivity contribution is 5.86. The lowest BCUT2D eigenvalue weighted by atomic mass is 10.4. The van der Waals surface area contributed by atoms with Gasteiger partial charge in [0.25, 0.3) is 0 Å². The average molecular weight is 141 g/mol. The Morgan fingerprint density at radius 1 is 1.80 bits per heavy atom. The number of esters is 1. The van der Waals surface area contributed by atoms with E-state index in [1.54, 1.807) is 6.92 Å². The number of hydrogen-bond donors (Lipinski definition) is 0. The topological polar surface area (TPSA) is 52.3 Å². The van der Waals surface area contributed by atoms with Gasteiger partial charge in [0.2, 0.25) is 0 Å². The average Bonchev–Trinajstić information content (AvgIpc) is 2.34. The number of methoxy groups -OCH3 is 1. The number of carbonyl (C=O) groups is 1. The van der Waals surface area contributed by atoms with E-state index in [4.69, 9.17) is 0 Å². The van der Waals surface area contributed by atoms with Crippen LogP contribution in [0.5, 0.6) is 0 Å². The van der Waals surface area contributed by atoms with Crippen LogP contribution in [0.4, 0.5) is 0 Å². The Morgan fingerprint density at radius 3 is 2.90 bits per heavy atom. The molecule has 0 fully saturated rings. The standard InChI is InChI=1S/C6H7NO3/c1-4-3-5(7-10-4)6(8)9-2/h3H,1-2H3. The maximum atomic E-state index is 10.7. The molecule has 0 N–H and O–H groups in total. The zero-order chi connectivity index (χ0) is 7.56. The van der Waals surface area contributed by atoms with Crippen LogP contribution < -0.4 is 0 Å². The van der Waals surface area contributed by atoms with Crippen LogP contribution in [-0.2, 0) is 4.74 Å². The normalized spacial score (nSPS) is 9.40. The van der Waals surface area contributed by atoms with Crippen LogP contribution in [0.2, 0.25) is 0 Å². The van der Waals surface area contributed by atoms with E-state index in [1.165, 1.54) is 13.2 Å². The second-order valence-corrected chi connectivity index (χ2v) is 1.81. The van der Waals surface area contributed by atoms with Crippen molar-refractivity contribution in [2.75, 3.05) is 7.11 Å². The van der Waals surface area contributed by atoms with Crippen molar-refractivity contribution in [1.82, 2.24) is 5.16 Å².